The summed E-state index contributed by atoms with van der Waals surface area (Å²) in [6.45, 7) is 7.58. The van der Waals surface area contributed by atoms with Gasteiger partial charge in [0.15, 0.2) is 5.78 Å². The van der Waals surface area contributed by atoms with Gasteiger partial charge in [-0.2, -0.15) is 0 Å². The highest BCUT2D eigenvalue weighted by atomic mass is 16.5. The van der Waals surface area contributed by atoms with Crippen molar-refractivity contribution < 1.29 is 28.6 Å². The number of nitrogens with zero attached hydrogens (tertiary/aromatic N) is 1. The SMILES string of the molecule is C/C=C(\C=N/C)C(=O)OCCCOC(=O)CCC(=O)C(C)(C)OCC. The van der Waals surface area contributed by atoms with Crippen LogP contribution in [0.1, 0.15) is 47.0 Å². The van der Waals surface area contributed by atoms with Gasteiger partial charge in [-0.1, -0.05) is 6.08 Å². The molecule has 7 heteroatoms. The Labute approximate surface area is 149 Å². The maximum Gasteiger partial charge on any atom is 0.339 e. The van der Waals surface area contributed by atoms with Crippen LogP contribution in [0.2, 0.25) is 0 Å². The van der Waals surface area contributed by atoms with Gasteiger partial charge in [0.2, 0.25) is 0 Å². The summed E-state index contributed by atoms with van der Waals surface area (Å²) in [5.74, 6) is -1.07. The van der Waals surface area contributed by atoms with E-state index in [1.54, 1.807) is 33.9 Å². The van der Waals surface area contributed by atoms with Crippen molar-refractivity contribution in [3.8, 4) is 0 Å². The number of hydrogen-bond donors (Lipinski definition) is 0. The summed E-state index contributed by atoms with van der Waals surface area (Å²) in [6.07, 6.45) is 3.49. The van der Waals surface area contributed by atoms with Crippen molar-refractivity contribution >= 4 is 23.9 Å². The van der Waals surface area contributed by atoms with Crippen LogP contribution in [0.5, 0.6) is 0 Å². The van der Waals surface area contributed by atoms with Crippen LogP contribution in [0.15, 0.2) is 16.6 Å². The summed E-state index contributed by atoms with van der Waals surface area (Å²) in [5.41, 5.74) is -0.523. The Morgan fingerprint density at radius 1 is 1.08 bits per heavy atom. The zero-order valence-electron chi connectivity index (χ0n) is 15.8. The van der Waals surface area contributed by atoms with Gasteiger partial charge in [0.25, 0.3) is 0 Å². The maximum atomic E-state index is 11.9. The first-order chi connectivity index (χ1) is 11.8. The Bertz CT molecular complexity index is 508. The van der Waals surface area contributed by atoms with Gasteiger partial charge in [0.05, 0.1) is 25.2 Å². The van der Waals surface area contributed by atoms with Gasteiger partial charge < -0.3 is 14.2 Å². The number of aliphatic imine (C=N–C) groups is 1. The minimum absolute atomic E-state index is 0.00477. The first-order valence-electron chi connectivity index (χ1n) is 8.37. The highest BCUT2D eigenvalue weighted by Gasteiger charge is 2.27. The monoisotopic (exact) mass is 355 g/mol. The second kappa shape index (κ2) is 12.4. The van der Waals surface area contributed by atoms with Crippen LogP contribution in [0.25, 0.3) is 0 Å². The quantitative estimate of drug-likeness (QED) is 0.231. The molecule has 0 rings (SSSR count). The predicted molar refractivity (Wildman–Crippen MR) is 94.7 cm³/mol. The van der Waals surface area contributed by atoms with E-state index in [9.17, 15) is 14.4 Å². The zero-order chi connectivity index (χ0) is 19.3. The number of Topliss-reactive ketones (excluding diaryl/α,β-unsaturated/α-hetero) is 1. The average molecular weight is 355 g/mol. The van der Waals surface area contributed by atoms with E-state index in [0.29, 0.717) is 18.6 Å². The summed E-state index contributed by atoms with van der Waals surface area (Å²) in [4.78, 5) is 39.0. The number of carbonyl (C=O) groups excluding carboxylic acids is 3. The molecular formula is C18H29NO6. The molecule has 0 fully saturated rings. The molecule has 0 aromatic carbocycles. The van der Waals surface area contributed by atoms with Crippen LogP contribution >= 0.6 is 0 Å². The van der Waals surface area contributed by atoms with Crippen molar-refractivity contribution in [3.63, 3.8) is 0 Å². The Hall–Kier alpha value is -2.02. The van der Waals surface area contributed by atoms with Crippen molar-refractivity contribution in [2.45, 2.75) is 52.6 Å². The molecule has 0 bridgehead atoms. The lowest BCUT2D eigenvalue weighted by Gasteiger charge is -2.22. The summed E-state index contributed by atoms with van der Waals surface area (Å²) in [6, 6.07) is 0. The number of ketones is 1. The van der Waals surface area contributed by atoms with E-state index in [1.165, 1.54) is 6.21 Å². The van der Waals surface area contributed by atoms with Crippen molar-refractivity contribution in [1.29, 1.82) is 0 Å². The second-order valence-corrected chi connectivity index (χ2v) is 5.71. The second-order valence-electron chi connectivity index (χ2n) is 5.71. The molecule has 0 heterocycles. The van der Waals surface area contributed by atoms with Gasteiger partial charge in [0.1, 0.15) is 5.60 Å². The topological polar surface area (TPSA) is 91.3 Å². The predicted octanol–water partition coefficient (Wildman–Crippen LogP) is 2.27. The maximum absolute atomic E-state index is 11.9. The van der Waals surface area contributed by atoms with E-state index in [0.717, 1.165) is 0 Å². The number of carbonyl (C=O) groups is 3. The number of esters is 2. The molecule has 0 aliphatic carbocycles. The zero-order valence-corrected chi connectivity index (χ0v) is 15.8. The molecule has 0 unspecified atom stereocenters. The minimum atomic E-state index is -0.893. The van der Waals surface area contributed by atoms with Gasteiger partial charge in [-0.05, 0) is 27.7 Å². The first kappa shape index (κ1) is 23.0. The third-order valence-electron chi connectivity index (χ3n) is 3.33. The molecule has 0 saturated carbocycles. The molecule has 0 aliphatic heterocycles. The summed E-state index contributed by atoms with van der Waals surface area (Å²) in [7, 11) is 1.57. The van der Waals surface area contributed by atoms with E-state index in [4.69, 9.17) is 14.2 Å². The highest BCUT2D eigenvalue weighted by molar-refractivity contribution is 6.09. The molecule has 142 valence electrons. The average Bonchev–Trinajstić information content (AvgIpc) is 2.56. The van der Waals surface area contributed by atoms with E-state index in [2.05, 4.69) is 4.99 Å². The molecule has 7 nitrogen and oxygen atoms in total. The van der Waals surface area contributed by atoms with Gasteiger partial charge in [-0.3, -0.25) is 14.6 Å². The fourth-order valence-electron chi connectivity index (χ4n) is 1.91. The molecule has 0 atom stereocenters. The standard InChI is InChI=1S/C18H29NO6/c1-6-14(13-19-5)17(22)24-12-8-11-23-16(21)10-9-15(20)18(3,4)25-7-2/h6,13H,7-12H2,1-5H3/b14-6+,19-13-. The summed E-state index contributed by atoms with van der Waals surface area (Å²) >= 11 is 0. The Morgan fingerprint density at radius 2 is 1.72 bits per heavy atom. The third-order valence-corrected chi connectivity index (χ3v) is 3.33. The number of hydrogen-bond acceptors (Lipinski definition) is 7. The molecule has 0 aromatic heterocycles. The van der Waals surface area contributed by atoms with Crippen LogP contribution < -0.4 is 0 Å². The largest absolute Gasteiger partial charge is 0.466 e. The van der Waals surface area contributed by atoms with Gasteiger partial charge in [-0.15, -0.1) is 0 Å². The molecule has 0 aromatic rings. The fraction of sp³-hybridized carbons (Fsp3) is 0.667. The molecule has 0 aliphatic rings. The Kier molecular flexibility index (Phi) is 11.4. The smallest absolute Gasteiger partial charge is 0.339 e. The lowest BCUT2D eigenvalue weighted by molar-refractivity contribution is -0.148. The van der Waals surface area contributed by atoms with E-state index in [-0.39, 0.29) is 31.8 Å². The summed E-state index contributed by atoms with van der Waals surface area (Å²) < 4.78 is 15.4. The van der Waals surface area contributed by atoms with Crippen LogP contribution in [-0.2, 0) is 28.6 Å². The van der Waals surface area contributed by atoms with Crippen LogP contribution in [0.4, 0.5) is 0 Å². The lowest BCUT2D eigenvalue weighted by atomic mass is 9.99. The van der Waals surface area contributed by atoms with E-state index in [1.807, 2.05) is 6.92 Å². The van der Waals surface area contributed by atoms with Crippen molar-refractivity contribution in [1.82, 2.24) is 0 Å². The van der Waals surface area contributed by atoms with E-state index >= 15 is 0 Å². The van der Waals surface area contributed by atoms with Crippen LogP contribution in [-0.4, -0.2) is 56.4 Å². The molecule has 0 radical (unpaired) electrons. The molecule has 0 amide bonds. The number of allylic oxidation sites excluding steroid dienone is 1. The lowest BCUT2D eigenvalue weighted by Crippen LogP contribution is -2.35. The number of ether oxygens (including phenoxy) is 3. The molecule has 0 N–H and O–H groups in total. The molecule has 0 spiro atoms. The Morgan fingerprint density at radius 3 is 2.28 bits per heavy atom. The van der Waals surface area contributed by atoms with Crippen LogP contribution in [0.3, 0.4) is 0 Å². The Balaban J connectivity index is 3.95. The number of rotatable bonds is 12. The van der Waals surface area contributed by atoms with E-state index < -0.39 is 17.5 Å². The normalized spacial score (nSPS) is 12.3. The van der Waals surface area contributed by atoms with Crippen molar-refractivity contribution in [3.05, 3.63) is 11.6 Å². The van der Waals surface area contributed by atoms with Crippen molar-refractivity contribution in [2.75, 3.05) is 26.9 Å². The molecule has 0 saturated heterocycles. The van der Waals surface area contributed by atoms with Gasteiger partial charge >= 0.3 is 11.9 Å². The molecular weight excluding hydrogens is 326 g/mol. The minimum Gasteiger partial charge on any atom is -0.466 e. The van der Waals surface area contributed by atoms with Crippen molar-refractivity contribution in [2.24, 2.45) is 4.99 Å². The fourth-order valence-corrected chi connectivity index (χ4v) is 1.91. The summed E-state index contributed by atoms with van der Waals surface area (Å²) in [5, 5.41) is 0. The van der Waals surface area contributed by atoms with Gasteiger partial charge in [-0.25, -0.2) is 4.79 Å². The van der Waals surface area contributed by atoms with Crippen LogP contribution in [0, 0.1) is 0 Å². The third kappa shape index (κ3) is 9.76. The van der Waals surface area contributed by atoms with Gasteiger partial charge in [0, 0.05) is 32.7 Å². The first-order valence-corrected chi connectivity index (χ1v) is 8.37. The molecule has 25 heavy (non-hydrogen) atoms. The highest BCUT2D eigenvalue weighted by Crippen LogP contribution is 2.14.